The van der Waals surface area contributed by atoms with E-state index in [0.717, 1.165) is 11.1 Å². The molecular weight excluding hydrogens is 190 g/mol. The molecule has 0 saturated carbocycles. The van der Waals surface area contributed by atoms with Crippen molar-refractivity contribution >= 4 is 17.7 Å². The number of carbonyl (C=O) groups excluding carboxylic acids is 1. The zero-order valence-corrected chi connectivity index (χ0v) is 7.60. The molecule has 1 amide bonds. The average molecular weight is 198 g/mol. The summed E-state index contributed by atoms with van der Waals surface area (Å²) in [4.78, 5) is 10.9. The summed E-state index contributed by atoms with van der Waals surface area (Å²) < 4.78 is 4.87. The minimum Gasteiger partial charge on any atom is -0.445 e. The quantitative estimate of drug-likeness (QED) is 0.692. The molecule has 1 aliphatic rings. The Morgan fingerprint density at radius 1 is 1.46 bits per heavy atom. The zero-order valence-electron chi connectivity index (χ0n) is 6.84. The first-order valence-corrected chi connectivity index (χ1v) is 4.31. The molecule has 0 radical (unpaired) electrons. The molecule has 0 unspecified atom stereocenters. The highest BCUT2D eigenvalue weighted by Gasteiger charge is 2.10. The lowest BCUT2D eigenvalue weighted by Gasteiger charge is -2.13. The maximum absolute atomic E-state index is 10.9. The molecule has 0 saturated heterocycles. The van der Waals surface area contributed by atoms with E-state index < -0.39 is 6.09 Å². The fourth-order valence-corrected chi connectivity index (χ4v) is 1.41. The van der Waals surface area contributed by atoms with Crippen LogP contribution in [0.3, 0.4) is 0 Å². The van der Waals surface area contributed by atoms with Crippen molar-refractivity contribution < 1.29 is 9.53 Å². The lowest BCUT2D eigenvalue weighted by molar-refractivity contribution is 0.138. The number of rotatable bonds is 0. The maximum atomic E-state index is 10.9. The van der Waals surface area contributed by atoms with Crippen LogP contribution in [0.25, 0.3) is 0 Å². The molecule has 0 aromatic heterocycles. The van der Waals surface area contributed by atoms with Gasteiger partial charge in [0.15, 0.2) is 0 Å². The van der Waals surface area contributed by atoms with Gasteiger partial charge in [0.25, 0.3) is 0 Å². The van der Waals surface area contributed by atoms with E-state index in [4.69, 9.17) is 16.3 Å². The van der Waals surface area contributed by atoms with Crippen molar-refractivity contribution in [2.24, 2.45) is 0 Å². The van der Waals surface area contributed by atoms with Crippen LogP contribution in [0.2, 0.25) is 5.02 Å². The number of ether oxygens (including phenoxy) is 1. The van der Waals surface area contributed by atoms with Gasteiger partial charge in [0.1, 0.15) is 6.61 Å². The van der Waals surface area contributed by atoms with Gasteiger partial charge in [-0.25, -0.2) is 4.79 Å². The second-order valence-corrected chi connectivity index (χ2v) is 3.26. The number of halogens is 1. The predicted molar refractivity (Wildman–Crippen MR) is 48.5 cm³/mol. The molecule has 13 heavy (non-hydrogen) atoms. The van der Waals surface area contributed by atoms with Crippen molar-refractivity contribution in [3.05, 3.63) is 34.3 Å². The third kappa shape index (κ3) is 1.75. The van der Waals surface area contributed by atoms with E-state index in [9.17, 15) is 4.79 Å². The highest BCUT2D eigenvalue weighted by atomic mass is 35.5. The van der Waals surface area contributed by atoms with E-state index in [1.807, 2.05) is 18.2 Å². The Bertz CT molecular complexity index is 351. The number of carbonyl (C=O) groups is 1. The Morgan fingerprint density at radius 2 is 2.31 bits per heavy atom. The Morgan fingerprint density at radius 3 is 3.15 bits per heavy atom. The first-order chi connectivity index (χ1) is 6.25. The molecule has 68 valence electrons. The van der Waals surface area contributed by atoms with Gasteiger partial charge in [0.2, 0.25) is 0 Å². The minimum atomic E-state index is -0.400. The van der Waals surface area contributed by atoms with Crippen molar-refractivity contribution in [2.75, 3.05) is 0 Å². The summed E-state index contributed by atoms with van der Waals surface area (Å²) in [7, 11) is 0. The monoisotopic (exact) mass is 197 g/mol. The van der Waals surface area contributed by atoms with Gasteiger partial charge >= 0.3 is 6.09 Å². The Hall–Kier alpha value is -1.22. The largest absolute Gasteiger partial charge is 0.445 e. The van der Waals surface area contributed by atoms with E-state index in [1.165, 1.54) is 0 Å². The molecule has 1 aromatic rings. The van der Waals surface area contributed by atoms with Crippen LogP contribution >= 0.6 is 11.6 Å². The molecule has 0 aliphatic carbocycles. The van der Waals surface area contributed by atoms with Crippen molar-refractivity contribution in [1.29, 1.82) is 0 Å². The molecule has 4 heteroatoms. The molecular formula is C9H8ClNO2. The van der Waals surface area contributed by atoms with Crippen LogP contribution in [-0.2, 0) is 17.9 Å². The van der Waals surface area contributed by atoms with Crippen LogP contribution in [0, 0.1) is 0 Å². The Balaban J connectivity index is 2.37. The highest BCUT2D eigenvalue weighted by Crippen LogP contribution is 2.19. The smallest absolute Gasteiger partial charge is 0.407 e. The van der Waals surface area contributed by atoms with Crippen molar-refractivity contribution in [3.8, 4) is 0 Å². The van der Waals surface area contributed by atoms with Crippen LogP contribution in [0.4, 0.5) is 4.79 Å². The summed E-state index contributed by atoms with van der Waals surface area (Å²) in [6, 6.07) is 5.60. The topological polar surface area (TPSA) is 38.3 Å². The van der Waals surface area contributed by atoms with E-state index in [2.05, 4.69) is 5.32 Å². The molecule has 2 rings (SSSR count). The van der Waals surface area contributed by atoms with Gasteiger partial charge in [0.05, 0.1) is 0 Å². The van der Waals surface area contributed by atoms with Crippen molar-refractivity contribution in [2.45, 2.75) is 13.2 Å². The number of amides is 1. The van der Waals surface area contributed by atoms with E-state index >= 15 is 0 Å². The fourth-order valence-electron chi connectivity index (χ4n) is 1.22. The van der Waals surface area contributed by atoms with E-state index in [0.29, 0.717) is 18.2 Å². The van der Waals surface area contributed by atoms with Crippen LogP contribution in [-0.4, -0.2) is 6.09 Å². The predicted octanol–water partition coefficient (Wildman–Crippen LogP) is 2.08. The molecule has 3 nitrogen and oxygen atoms in total. The van der Waals surface area contributed by atoms with Crippen LogP contribution in [0.1, 0.15) is 11.1 Å². The Labute approximate surface area is 80.6 Å². The number of nitrogens with one attached hydrogen (secondary N) is 1. The van der Waals surface area contributed by atoms with Gasteiger partial charge in [-0.2, -0.15) is 0 Å². The van der Waals surface area contributed by atoms with Gasteiger partial charge < -0.3 is 10.1 Å². The SMILES string of the molecule is O=C1NCc2cc(ccc2Cl)CO1. The van der Waals surface area contributed by atoms with Gasteiger partial charge in [-0.3, -0.25) is 0 Å². The van der Waals surface area contributed by atoms with Crippen molar-refractivity contribution in [1.82, 2.24) is 5.32 Å². The summed E-state index contributed by atoms with van der Waals surface area (Å²) in [6.45, 7) is 0.724. The normalized spacial score (nSPS) is 15.3. The number of cyclic esters (lactones) is 1. The van der Waals surface area contributed by atoms with Gasteiger partial charge in [-0.05, 0) is 23.3 Å². The second kappa shape index (κ2) is 3.26. The third-order valence-corrected chi connectivity index (χ3v) is 2.27. The first kappa shape index (κ1) is 8.38. The van der Waals surface area contributed by atoms with Gasteiger partial charge in [0, 0.05) is 11.6 Å². The standard InChI is InChI=1S/C9H8ClNO2/c10-8-2-1-6-3-7(8)4-11-9(12)13-5-6/h1-3H,4-5H2,(H,11,12). The number of hydrogen-bond donors (Lipinski definition) is 1. The summed E-state index contributed by atoms with van der Waals surface area (Å²) in [5.74, 6) is 0. The lowest BCUT2D eigenvalue weighted by Crippen LogP contribution is -2.25. The molecule has 1 aromatic carbocycles. The van der Waals surface area contributed by atoms with Crippen molar-refractivity contribution in [3.63, 3.8) is 0 Å². The van der Waals surface area contributed by atoms with E-state index in [1.54, 1.807) is 0 Å². The molecule has 2 bridgehead atoms. The fraction of sp³-hybridized carbons (Fsp3) is 0.222. The molecule has 1 aliphatic heterocycles. The maximum Gasteiger partial charge on any atom is 0.407 e. The summed E-state index contributed by atoms with van der Waals surface area (Å²) in [5.41, 5.74) is 1.89. The first-order valence-electron chi connectivity index (χ1n) is 3.93. The van der Waals surface area contributed by atoms with Crippen LogP contribution < -0.4 is 5.32 Å². The molecule has 1 N–H and O–H groups in total. The second-order valence-electron chi connectivity index (χ2n) is 2.86. The third-order valence-electron chi connectivity index (χ3n) is 1.90. The number of benzene rings is 1. The molecule has 1 heterocycles. The molecule has 0 spiro atoms. The molecule has 0 atom stereocenters. The van der Waals surface area contributed by atoms with Crippen LogP contribution in [0.5, 0.6) is 0 Å². The lowest BCUT2D eigenvalue weighted by atomic mass is 10.1. The summed E-state index contributed by atoms with van der Waals surface area (Å²) in [6.07, 6.45) is -0.400. The molecule has 0 fully saturated rings. The number of hydrogen-bond acceptors (Lipinski definition) is 2. The summed E-state index contributed by atoms with van der Waals surface area (Å²) >= 11 is 5.91. The van der Waals surface area contributed by atoms with Gasteiger partial charge in [-0.15, -0.1) is 0 Å². The van der Waals surface area contributed by atoms with Gasteiger partial charge in [-0.1, -0.05) is 17.7 Å². The van der Waals surface area contributed by atoms with Crippen LogP contribution in [0.15, 0.2) is 18.2 Å². The minimum absolute atomic E-state index is 0.302. The highest BCUT2D eigenvalue weighted by molar-refractivity contribution is 6.31. The summed E-state index contributed by atoms with van der Waals surface area (Å²) in [5, 5.41) is 3.26. The number of fused-ring (bicyclic) bond motifs is 2. The van der Waals surface area contributed by atoms with E-state index in [-0.39, 0.29) is 0 Å². The zero-order chi connectivity index (χ0) is 9.26. The Kier molecular flexibility index (Phi) is 2.10. The average Bonchev–Trinajstić information content (AvgIpc) is 2.12. The number of alkyl carbamates (subject to hydrolysis) is 1.